The van der Waals surface area contributed by atoms with Crippen LogP contribution in [0.3, 0.4) is 0 Å². The number of rotatable bonds is 6. The number of carbonyl (C=O) groups is 1. The molecule has 1 aromatic carbocycles. The van der Waals surface area contributed by atoms with E-state index in [0.29, 0.717) is 6.54 Å². The van der Waals surface area contributed by atoms with E-state index in [1.54, 1.807) is 18.4 Å². The Labute approximate surface area is 135 Å². The summed E-state index contributed by atoms with van der Waals surface area (Å²) in [7, 11) is 0. The summed E-state index contributed by atoms with van der Waals surface area (Å²) >= 11 is 0. The van der Waals surface area contributed by atoms with E-state index in [9.17, 15) is 9.18 Å². The molecule has 122 valence electrons. The summed E-state index contributed by atoms with van der Waals surface area (Å²) in [4.78, 5) is 14.5. The van der Waals surface area contributed by atoms with Gasteiger partial charge in [0.2, 0.25) is 5.91 Å². The molecule has 2 aromatic rings. The SMILES string of the molecule is O=C(Cc1ccc(F)cc1)NCC(c1ccco1)N1CCCC1. The first-order valence-corrected chi connectivity index (χ1v) is 8.01. The predicted molar refractivity (Wildman–Crippen MR) is 85.4 cm³/mol. The van der Waals surface area contributed by atoms with Crippen molar-refractivity contribution in [2.24, 2.45) is 0 Å². The minimum Gasteiger partial charge on any atom is -0.468 e. The Hall–Kier alpha value is -2.14. The molecule has 0 spiro atoms. The van der Waals surface area contributed by atoms with Crippen molar-refractivity contribution in [1.29, 1.82) is 0 Å². The summed E-state index contributed by atoms with van der Waals surface area (Å²) in [5, 5.41) is 2.98. The van der Waals surface area contributed by atoms with Gasteiger partial charge in [-0.3, -0.25) is 9.69 Å². The molecule has 0 bridgehead atoms. The normalized spacial score (nSPS) is 16.4. The van der Waals surface area contributed by atoms with E-state index in [1.807, 2.05) is 12.1 Å². The minimum atomic E-state index is -0.291. The number of hydrogen-bond acceptors (Lipinski definition) is 3. The largest absolute Gasteiger partial charge is 0.468 e. The molecule has 1 amide bonds. The number of carbonyl (C=O) groups excluding carboxylic acids is 1. The summed E-state index contributed by atoms with van der Waals surface area (Å²) in [5.41, 5.74) is 0.805. The van der Waals surface area contributed by atoms with Gasteiger partial charge in [0.15, 0.2) is 0 Å². The molecule has 1 aromatic heterocycles. The van der Waals surface area contributed by atoms with Crippen LogP contribution in [-0.4, -0.2) is 30.4 Å². The summed E-state index contributed by atoms with van der Waals surface area (Å²) in [6.07, 6.45) is 4.28. The number of likely N-dealkylation sites (tertiary alicyclic amines) is 1. The number of nitrogens with one attached hydrogen (secondary N) is 1. The minimum absolute atomic E-state index is 0.0626. The van der Waals surface area contributed by atoms with Crippen molar-refractivity contribution in [2.45, 2.75) is 25.3 Å². The quantitative estimate of drug-likeness (QED) is 0.891. The maximum atomic E-state index is 12.9. The van der Waals surface area contributed by atoms with Gasteiger partial charge in [-0.15, -0.1) is 0 Å². The first-order chi connectivity index (χ1) is 11.2. The molecule has 1 N–H and O–H groups in total. The molecule has 1 fully saturated rings. The number of hydrogen-bond donors (Lipinski definition) is 1. The molecule has 0 saturated carbocycles. The monoisotopic (exact) mass is 316 g/mol. The van der Waals surface area contributed by atoms with Crippen LogP contribution in [-0.2, 0) is 11.2 Å². The summed E-state index contributed by atoms with van der Waals surface area (Å²) in [5.74, 6) is 0.530. The van der Waals surface area contributed by atoms with Crippen LogP contribution in [0.15, 0.2) is 47.1 Å². The van der Waals surface area contributed by atoms with Crippen LogP contribution in [0, 0.1) is 5.82 Å². The standard InChI is InChI=1S/C18H21FN2O2/c19-15-7-5-14(6-8-15)12-18(22)20-13-16(17-4-3-11-23-17)21-9-1-2-10-21/h3-8,11,16H,1-2,9-10,12-13H2,(H,20,22). The molecule has 5 heteroatoms. The zero-order valence-corrected chi connectivity index (χ0v) is 13.0. The molecule has 1 aliphatic heterocycles. The fraction of sp³-hybridized carbons (Fsp3) is 0.389. The average molecular weight is 316 g/mol. The van der Waals surface area contributed by atoms with Crippen LogP contribution in [0.2, 0.25) is 0 Å². The van der Waals surface area contributed by atoms with E-state index < -0.39 is 0 Å². The molecule has 3 rings (SSSR count). The Kier molecular flexibility index (Phi) is 5.08. The second-order valence-corrected chi connectivity index (χ2v) is 5.88. The summed E-state index contributed by atoms with van der Waals surface area (Å²) in [6, 6.07) is 9.92. The van der Waals surface area contributed by atoms with Crippen molar-refractivity contribution in [3.8, 4) is 0 Å². The van der Waals surface area contributed by atoms with E-state index in [1.165, 1.54) is 25.0 Å². The Morgan fingerprint density at radius 1 is 1.22 bits per heavy atom. The van der Waals surface area contributed by atoms with E-state index in [0.717, 1.165) is 24.4 Å². The van der Waals surface area contributed by atoms with Gasteiger partial charge < -0.3 is 9.73 Å². The van der Waals surface area contributed by atoms with Crippen molar-refractivity contribution in [1.82, 2.24) is 10.2 Å². The molecule has 1 saturated heterocycles. The molecule has 1 unspecified atom stereocenters. The fourth-order valence-corrected chi connectivity index (χ4v) is 3.00. The topological polar surface area (TPSA) is 45.5 Å². The summed E-state index contributed by atoms with van der Waals surface area (Å²) in [6.45, 7) is 2.58. The van der Waals surface area contributed by atoms with Gasteiger partial charge in [-0.25, -0.2) is 4.39 Å². The van der Waals surface area contributed by atoms with Gasteiger partial charge >= 0.3 is 0 Å². The highest BCUT2D eigenvalue weighted by molar-refractivity contribution is 5.78. The number of amides is 1. The lowest BCUT2D eigenvalue weighted by molar-refractivity contribution is -0.120. The highest BCUT2D eigenvalue weighted by Gasteiger charge is 2.25. The molecule has 0 radical (unpaired) electrons. The van der Waals surface area contributed by atoms with Crippen LogP contribution in [0.5, 0.6) is 0 Å². The number of nitrogens with zero attached hydrogens (tertiary/aromatic N) is 1. The Morgan fingerprint density at radius 2 is 1.96 bits per heavy atom. The summed E-state index contributed by atoms with van der Waals surface area (Å²) < 4.78 is 18.4. The Bertz CT molecular complexity index is 619. The van der Waals surface area contributed by atoms with Crippen LogP contribution in [0.1, 0.15) is 30.2 Å². The van der Waals surface area contributed by atoms with Crippen molar-refractivity contribution in [3.05, 3.63) is 59.8 Å². The average Bonchev–Trinajstić information content (AvgIpc) is 3.24. The van der Waals surface area contributed by atoms with Crippen molar-refractivity contribution in [3.63, 3.8) is 0 Å². The van der Waals surface area contributed by atoms with Gasteiger partial charge in [-0.2, -0.15) is 0 Å². The van der Waals surface area contributed by atoms with Crippen molar-refractivity contribution >= 4 is 5.91 Å². The number of furan rings is 1. The van der Waals surface area contributed by atoms with E-state index in [2.05, 4.69) is 10.2 Å². The van der Waals surface area contributed by atoms with Gasteiger partial charge in [0.05, 0.1) is 18.7 Å². The third-order valence-electron chi connectivity index (χ3n) is 4.22. The Balaban J connectivity index is 1.57. The van der Waals surface area contributed by atoms with Gasteiger partial charge in [0.25, 0.3) is 0 Å². The lowest BCUT2D eigenvalue weighted by Gasteiger charge is -2.26. The lowest BCUT2D eigenvalue weighted by Crippen LogP contribution is -2.37. The fourth-order valence-electron chi connectivity index (χ4n) is 3.00. The molecule has 1 atom stereocenters. The van der Waals surface area contributed by atoms with Gasteiger partial charge in [-0.1, -0.05) is 12.1 Å². The van der Waals surface area contributed by atoms with Crippen molar-refractivity contribution < 1.29 is 13.6 Å². The van der Waals surface area contributed by atoms with Crippen LogP contribution in [0.25, 0.3) is 0 Å². The molecule has 23 heavy (non-hydrogen) atoms. The smallest absolute Gasteiger partial charge is 0.224 e. The third-order valence-corrected chi connectivity index (χ3v) is 4.22. The Morgan fingerprint density at radius 3 is 2.61 bits per heavy atom. The molecule has 4 nitrogen and oxygen atoms in total. The maximum absolute atomic E-state index is 12.9. The zero-order valence-electron chi connectivity index (χ0n) is 13.0. The second kappa shape index (κ2) is 7.42. The van der Waals surface area contributed by atoms with E-state index >= 15 is 0 Å². The van der Waals surface area contributed by atoms with Crippen LogP contribution < -0.4 is 5.32 Å². The highest BCUT2D eigenvalue weighted by Crippen LogP contribution is 2.24. The second-order valence-electron chi connectivity index (χ2n) is 5.88. The number of benzene rings is 1. The van der Waals surface area contributed by atoms with Gasteiger partial charge in [0, 0.05) is 6.54 Å². The molecule has 0 aliphatic carbocycles. The first-order valence-electron chi connectivity index (χ1n) is 8.01. The molecular weight excluding hydrogens is 295 g/mol. The molecule has 2 heterocycles. The van der Waals surface area contributed by atoms with Gasteiger partial charge in [0.1, 0.15) is 11.6 Å². The van der Waals surface area contributed by atoms with Gasteiger partial charge in [-0.05, 0) is 55.8 Å². The first kappa shape index (κ1) is 15.7. The van der Waals surface area contributed by atoms with Crippen LogP contribution >= 0.6 is 0 Å². The third kappa shape index (κ3) is 4.20. The zero-order chi connectivity index (χ0) is 16.1. The lowest BCUT2D eigenvalue weighted by atomic mass is 10.1. The van der Waals surface area contributed by atoms with E-state index in [4.69, 9.17) is 4.42 Å². The van der Waals surface area contributed by atoms with E-state index in [-0.39, 0.29) is 24.2 Å². The maximum Gasteiger partial charge on any atom is 0.224 e. The predicted octanol–water partition coefficient (Wildman–Crippen LogP) is 2.91. The highest BCUT2D eigenvalue weighted by atomic mass is 19.1. The molecular formula is C18H21FN2O2. The van der Waals surface area contributed by atoms with Crippen molar-refractivity contribution in [2.75, 3.05) is 19.6 Å². The van der Waals surface area contributed by atoms with Crippen LogP contribution in [0.4, 0.5) is 4.39 Å². The molecule has 1 aliphatic rings. The number of halogens is 1.